The molecule has 0 radical (unpaired) electrons. The highest BCUT2D eigenvalue weighted by atomic mass is 32.2. The minimum absolute atomic E-state index is 0.374. The summed E-state index contributed by atoms with van der Waals surface area (Å²) in [6.45, 7) is 4.35. The van der Waals surface area contributed by atoms with Gasteiger partial charge in [0.15, 0.2) is 0 Å². The summed E-state index contributed by atoms with van der Waals surface area (Å²) in [6.07, 6.45) is -0.374. The molecule has 0 aliphatic carbocycles. The quantitative estimate of drug-likeness (QED) is 0.583. The summed E-state index contributed by atoms with van der Waals surface area (Å²) in [7, 11) is 0. The maximum Gasteiger partial charge on any atom is 0.407 e. The summed E-state index contributed by atoms with van der Waals surface area (Å²) in [5.41, 5.74) is 8.07. The Morgan fingerprint density at radius 2 is 2.31 bits per heavy atom. The van der Waals surface area contributed by atoms with Crippen LogP contribution in [0.2, 0.25) is 0 Å². The highest BCUT2D eigenvalue weighted by Crippen LogP contribution is 2.37. The van der Waals surface area contributed by atoms with Crippen molar-refractivity contribution in [3.05, 3.63) is 40.6 Å². The SMILES string of the molecule is CCOC(=O)NCCN1CCSc2ccc(N=C(N)c3cccs3)cc21. The Labute approximate surface area is 161 Å². The van der Waals surface area contributed by atoms with E-state index >= 15 is 0 Å². The maximum atomic E-state index is 11.4. The number of hydrogen-bond acceptors (Lipinski definition) is 6. The van der Waals surface area contributed by atoms with Gasteiger partial charge in [0.2, 0.25) is 0 Å². The average Bonchev–Trinajstić information content (AvgIpc) is 3.17. The van der Waals surface area contributed by atoms with E-state index in [0.717, 1.165) is 35.1 Å². The highest BCUT2D eigenvalue weighted by Gasteiger charge is 2.18. The molecule has 0 saturated carbocycles. The van der Waals surface area contributed by atoms with Gasteiger partial charge in [0, 0.05) is 30.3 Å². The molecule has 26 heavy (non-hydrogen) atoms. The summed E-state index contributed by atoms with van der Waals surface area (Å²) in [5.74, 6) is 1.55. The summed E-state index contributed by atoms with van der Waals surface area (Å²) < 4.78 is 4.90. The molecule has 0 fully saturated rings. The average molecular weight is 391 g/mol. The molecule has 0 saturated heterocycles. The van der Waals surface area contributed by atoms with Crippen molar-refractivity contribution in [2.24, 2.45) is 10.7 Å². The number of carbonyl (C=O) groups excluding carboxylic acids is 1. The molecule has 0 atom stereocenters. The fourth-order valence-electron chi connectivity index (χ4n) is 2.66. The number of benzene rings is 1. The lowest BCUT2D eigenvalue weighted by Gasteiger charge is -2.31. The molecule has 1 aliphatic rings. The van der Waals surface area contributed by atoms with Gasteiger partial charge in [-0.1, -0.05) is 6.07 Å². The number of thioether (sulfide) groups is 1. The lowest BCUT2D eigenvalue weighted by molar-refractivity contribution is 0.152. The molecule has 3 rings (SSSR count). The summed E-state index contributed by atoms with van der Waals surface area (Å²) in [4.78, 5) is 20.4. The number of alkyl carbamates (subject to hydrolysis) is 1. The number of ether oxygens (including phenoxy) is 1. The van der Waals surface area contributed by atoms with Crippen LogP contribution >= 0.6 is 23.1 Å². The minimum Gasteiger partial charge on any atom is -0.450 e. The zero-order valence-corrected chi connectivity index (χ0v) is 16.2. The van der Waals surface area contributed by atoms with E-state index in [-0.39, 0.29) is 6.09 Å². The topological polar surface area (TPSA) is 80.0 Å². The second-order valence-corrected chi connectivity index (χ2v) is 7.69. The second kappa shape index (κ2) is 8.95. The number of nitrogens with two attached hydrogens (primary N) is 1. The monoisotopic (exact) mass is 390 g/mol. The van der Waals surface area contributed by atoms with E-state index in [1.54, 1.807) is 18.3 Å². The minimum atomic E-state index is -0.374. The molecule has 8 heteroatoms. The largest absolute Gasteiger partial charge is 0.450 e. The first kappa shape index (κ1) is 18.6. The summed E-state index contributed by atoms with van der Waals surface area (Å²) in [6, 6.07) is 10.1. The zero-order valence-electron chi connectivity index (χ0n) is 14.6. The Morgan fingerprint density at radius 1 is 1.42 bits per heavy atom. The first-order valence-corrected chi connectivity index (χ1v) is 10.3. The van der Waals surface area contributed by atoms with Crippen molar-refractivity contribution in [1.82, 2.24) is 5.32 Å². The fraction of sp³-hybridized carbons (Fsp3) is 0.333. The Bertz CT molecular complexity index is 778. The highest BCUT2D eigenvalue weighted by molar-refractivity contribution is 7.99. The van der Waals surface area contributed by atoms with Crippen molar-refractivity contribution in [3.8, 4) is 0 Å². The van der Waals surface area contributed by atoms with E-state index in [0.29, 0.717) is 19.0 Å². The predicted octanol–water partition coefficient (Wildman–Crippen LogP) is 3.44. The van der Waals surface area contributed by atoms with Crippen LogP contribution in [0, 0.1) is 0 Å². The van der Waals surface area contributed by atoms with Crippen LogP contribution in [-0.2, 0) is 4.74 Å². The van der Waals surface area contributed by atoms with E-state index in [4.69, 9.17) is 10.5 Å². The van der Waals surface area contributed by atoms with Gasteiger partial charge in [0.1, 0.15) is 5.84 Å². The van der Waals surface area contributed by atoms with Crippen molar-refractivity contribution in [1.29, 1.82) is 0 Å². The van der Waals surface area contributed by atoms with E-state index < -0.39 is 0 Å². The van der Waals surface area contributed by atoms with Crippen molar-refractivity contribution < 1.29 is 9.53 Å². The van der Waals surface area contributed by atoms with Gasteiger partial charge in [0.05, 0.1) is 22.9 Å². The molecule has 1 aromatic heterocycles. The van der Waals surface area contributed by atoms with Crippen LogP contribution in [0.25, 0.3) is 0 Å². The first-order valence-electron chi connectivity index (χ1n) is 8.48. The van der Waals surface area contributed by atoms with Gasteiger partial charge >= 0.3 is 6.09 Å². The Balaban J connectivity index is 1.71. The number of nitrogens with zero attached hydrogens (tertiary/aromatic N) is 2. The van der Waals surface area contributed by atoms with Gasteiger partial charge in [-0.25, -0.2) is 9.79 Å². The van der Waals surface area contributed by atoms with Crippen LogP contribution in [-0.4, -0.2) is 43.9 Å². The molecule has 6 nitrogen and oxygen atoms in total. The van der Waals surface area contributed by atoms with Gasteiger partial charge in [-0.2, -0.15) is 0 Å². The third kappa shape index (κ3) is 4.70. The van der Waals surface area contributed by atoms with E-state index in [2.05, 4.69) is 27.3 Å². The smallest absolute Gasteiger partial charge is 0.407 e. The molecule has 3 N–H and O–H groups in total. The third-order valence-corrected chi connectivity index (χ3v) is 5.79. The first-order chi connectivity index (χ1) is 12.7. The summed E-state index contributed by atoms with van der Waals surface area (Å²) >= 11 is 3.41. The molecular formula is C18H22N4O2S2. The number of anilines is 1. The number of amides is 1. The number of carbonyl (C=O) groups is 1. The van der Waals surface area contributed by atoms with Crippen molar-refractivity contribution >= 4 is 46.4 Å². The van der Waals surface area contributed by atoms with Gasteiger partial charge in [-0.3, -0.25) is 0 Å². The fourth-order valence-corrected chi connectivity index (χ4v) is 4.32. The molecule has 2 aromatic rings. The van der Waals surface area contributed by atoms with E-state index in [9.17, 15) is 4.79 Å². The van der Waals surface area contributed by atoms with Crippen LogP contribution in [0.3, 0.4) is 0 Å². The molecule has 1 aromatic carbocycles. The number of aliphatic imine (C=N–C) groups is 1. The van der Waals surface area contributed by atoms with Crippen LogP contribution in [0.1, 0.15) is 11.8 Å². The van der Waals surface area contributed by atoms with Crippen LogP contribution in [0.4, 0.5) is 16.2 Å². The van der Waals surface area contributed by atoms with Gasteiger partial charge in [-0.05, 0) is 36.6 Å². The number of amidine groups is 1. The normalized spacial score (nSPS) is 14.0. The Kier molecular flexibility index (Phi) is 6.40. The molecular weight excluding hydrogens is 368 g/mol. The lowest BCUT2D eigenvalue weighted by Crippen LogP contribution is -2.37. The van der Waals surface area contributed by atoms with E-state index in [1.165, 1.54) is 4.90 Å². The molecule has 0 unspecified atom stereocenters. The van der Waals surface area contributed by atoms with Crippen molar-refractivity contribution in [2.75, 3.05) is 36.9 Å². The number of hydrogen-bond donors (Lipinski definition) is 2. The molecule has 0 bridgehead atoms. The second-order valence-electron chi connectivity index (χ2n) is 5.61. The Hall–Kier alpha value is -2.19. The zero-order chi connectivity index (χ0) is 18.4. The number of thiophene rings is 1. The van der Waals surface area contributed by atoms with Gasteiger partial charge in [0.25, 0.3) is 0 Å². The maximum absolute atomic E-state index is 11.4. The van der Waals surface area contributed by atoms with Gasteiger partial charge < -0.3 is 20.7 Å². The number of fused-ring (bicyclic) bond motifs is 1. The summed E-state index contributed by atoms with van der Waals surface area (Å²) in [5, 5.41) is 4.76. The third-order valence-electron chi connectivity index (χ3n) is 3.85. The van der Waals surface area contributed by atoms with Crippen molar-refractivity contribution in [3.63, 3.8) is 0 Å². The molecule has 1 aliphatic heterocycles. The standard InChI is InChI=1S/C18H22N4O2S2/c1-2-24-18(23)20-7-8-22-9-11-26-15-6-5-13(12-14(15)22)21-17(19)16-4-3-10-25-16/h3-6,10,12H,2,7-9,11H2,1H3,(H2,19,21)(H,20,23). The number of rotatable bonds is 6. The Morgan fingerprint density at radius 3 is 3.08 bits per heavy atom. The lowest BCUT2D eigenvalue weighted by atomic mass is 10.2. The van der Waals surface area contributed by atoms with Crippen LogP contribution in [0.5, 0.6) is 0 Å². The van der Waals surface area contributed by atoms with Crippen LogP contribution < -0.4 is 16.0 Å². The van der Waals surface area contributed by atoms with E-state index in [1.807, 2.05) is 35.3 Å². The molecule has 2 heterocycles. The predicted molar refractivity (Wildman–Crippen MR) is 109 cm³/mol. The van der Waals surface area contributed by atoms with Crippen LogP contribution in [0.15, 0.2) is 45.6 Å². The number of nitrogens with one attached hydrogen (secondary N) is 1. The van der Waals surface area contributed by atoms with Gasteiger partial charge in [-0.15, -0.1) is 23.1 Å². The molecule has 138 valence electrons. The molecule has 0 spiro atoms. The van der Waals surface area contributed by atoms with Crippen molar-refractivity contribution in [2.45, 2.75) is 11.8 Å². The molecule has 1 amide bonds.